The maximum Gasteiger partial charge on any atom is 0.494 e. The monoisotopic (exact) mass is 403 g/mol. The highest BCUT2D eigenvalue weighted by Crippen LogP contribution is 2.37. The molecule has 10 heteroatoms. The van der Waals surface area contributed by atoms with E-state index in [9.17, 15) is 13.5 Å². The van der Waals surface area contributed by atoms with Crippen LogP contribution in [0.3, 0.4) is 0 Å². The van der Waals surface area contributed by atoms with Crippen molar-refractivity contribution in [2.75, 3.05) is 4.90 Å². The largest absolute Gasteiger partial charge is 0.494 e. The average Bonchev–Trinajstić information content (AvgIpc) is 3.08. The Morgan fingerprint density at radius 1 is 1.11 bits per heavy atom. The number of aromatic nitrogens is 2. The molecule has 4 rings (SSSR count). The Morgan fingerprint density at radius 2 is 1.79 bits per heavy atom. The van der Waals surface area contributed by atoms with Gasteiger partial charge in [0.05, 0.1) is 17.7 Å². The number of amides is 1. The lowest BCUT2D eigenvalue weighted by Gasteiger charge is -2.32. The smallest absolute Gasteiger partial charge is 0.399 e. The van der Waals surface area contributed by atoms with Crippen LogP contribution in [0.2, 0.25) is 0 Å². The van der Waals surface area contributed by atoms with E-state index in [4.69, 9.17) is 9.31 Å². The molecule has 0 N–H and O–H groups in total. The molecule has 2 aromatic rings. The summed E-state index contributed by atoms with van der Waals surface area (Å²) in [7, 11) is -0.526. The predicted octanol–water partition coefficient (Wildman–Crippen LogP) is 2.08. The van der Waals surface area contributed by atoms with Crippen molar-refractivity contribution in [1.29, 1.82) is 0 Å². The fraction of sp³-hybridized carbons (Fsp3) is 0.389. The summed E-state index contributed by atoms with van der Waals surface area (Å²) < 4.78 is 25.6. The molecule has 1 aromatic carbocycles. The van der Waals surface area contributed by atoms with Gasteiger partial charge >= 0.3 is 7.12 Å². The Balaban J connectivity index is 1.63. The summed E-state index contributed by atoms with van der Waals surface area (Å²) in [4.78, 5) is 25.7. The van der Waals surface area contributed by atoms with E-state index in [1.165, 1.54) is 17.0 Å². The van der Waals surface area contributed by atoms with Crippen molar-refractivity contribution in [3.63, 3.8) is 0 Å². The molecule has 2 aliphatic heterocycles. The Kier molecular flexibility index (Phi) is 4.40. The molecule has 1 aromatic heterocycles. The van der Waals surface area contributed by atoms with Crippen LogP contribution < -0.4 is 15.9 Å². The molecule has 1 fully saturated rings. The number of hydrogen-bond donors (Lipinski definition) is 0. The minimum atomic E-state index is -0.594. The minimum absolute atomic E-state index is 0.211. The first-order chi connectivity index (χ1) is 13.1. The molecule has 0 saturated carbocycles. The average molecular weight is 403 g/mol. The van der Waals surface area contributed by atoms with Gasteiger partial charge in [0.25, 0.3) is 11.5 Å². The Bertz CT molecular complexity index is 1010. The van der Waals surface area contributed by atoms with Crippen molar-refractivity contribution >= 4 is 36.6 Å². The number of nitrogens with zero attached hydrogens (tertiary/aromatic N) is 3. The van der Waals surface area contributed by atoms with Gasteiger partial charge in [-0.2, -0.15) is 0 Å². The van der Waals surface area contributed by atoms with Gasteiger partial charge in [0.1, 0.15) is 0 Å². The number of anilines is 1. The van der Waals surface area contributed by atoms with E-state index in [0.717, 1.165) is 11.0 Å². The van der Waals surface area contributed by atoms with Gasteiger partial charge in [-0.25, -0.2) is 0 Å². The summed E-state index contributed by atoms with van der Waals surface area (Å²) in [6, 6.07) is 8.02. The van der Waals surface area contributed by atoms with E-state index in [1.807, 2.05) is 39.8 Å². The van der Waals surface area contributed by atoms with Crippen LogP contribution in [0.1, 0.15) is 43.6 Å². The lowest BCUT2D eigenvalue weighted by molar-refractivity contribution is 0.00578. The van der Waals surface area contributed by atoms with Gasteiger partial charge in [0.15, 0.2) is 18.2 Å². The lowest BCUT2D eigenvalue weighted by atomic mass is 9.78. The molecular formula is C18H19BFN3O4S. The zero-order chi connectivity index (χ0) is 20.3. The van der Waals surface area contributed by atoms with E-state index in [1.54, 1.807) is 6.07 Å². The fourth-order valence-corrected chi connectivity index (χ4v) is 3.47. The molecule has 0 unspecified atom stereocenters. The standard InChI is InChI=1S/C18H19BFN3O4S/c1-17(2)18(3,4)27-19(26-17)12-5-6-13-11(9-12)10-22(16(13)25)14-7-8-15(24)23(21-14)28-20/h5-9H,10H2,1-4H3. The topological polar surface area (TPSA) is 73.7 Å². The second kappa shape index (κ2) is 6.43. The van der Waals surface area contributed by atoms with Gasteiger partial charge in [0, 0.05) is 11.6 Å². The van der Waals surface area contributed by atoms with E-state index in [0.29, 0.717) is 9.65 Å². The number of carbonyl (C=O) groups excluding carboxylic acids is 1. The molecule has 0 bridgehead atoms. The zero-order valence-corrected chi connectivity index (χ0v) is 16.7. The molecule has 3 heterocycles. The van der Waals surface area contributed by atoms with Crippen molar-refractivity contribution in [2.45, 2.75) is 45.4 Å². The number of hydrogen-bond acceptors (Lipinski definition) is 6. The van der Waals surface area contributed by atoms with E-state index in [2.05, 4.69) is 5.10 Å². The van der Waals surface area contributed by atoms with Crippen molar-refractivity contribution in [1.82, 2.24) is 9.19 Å². The first-order valence-electron chi connectivity index (χ1n) is 8.83. The molecule has 1 saturated heterocycles. The van der Waals surface area contributed by atoms with Crippen LogP contribution in [0.4, 0.5) is 9.70 Å². The Labute approximate surface area is 166 Å². The summed E-state index contributed by atoms with van der Waals surface area (Å²) in [5, 5.41) is 3.89. The summed E-state index contributed by atoms with van der Waals surface area (Å²) in [6.07, 6.45) is 0. The zero-order valence-electron chi connectivity index (χ0n) is 15.9. The van der Waals surface area contributed by atoms with E-state index in [-0.39, 0.29) is 30.6 Å². The molecule has 1 amide bonds. The molecule has 0 aliphatic carbocycles. The third-order valence-electron chi connectivity index (χ3n) is 5.56. The van der Waals surface area contributed by atoms with Crippen LogP contribution in [0.25, 0.3) is 0 Å². The minimum Gasteiger partial charge on any atom is -0.399 e. The Hall–Kier alpha value is -2.17. The summed E-state index contributed by atoms with van der Waals surface area (Å²) >= 11 is -0.306. The first-order valence-corrected chi connectivity index (χ1v) is 9.50. The number of halogens is 1. The summed E-state index contributed by atoms with van der Waals surface area (Å²) in [5.41, 5.74) is 0.644. The third kappa shape index (κ3) is 2.96. The van der Waals surface area contributed by atoms with Gasteiger partial charge in [-0.3, -0.25) is 14.5 Å². The highest BCUT2D eigenvalue weighted by molar-refractivity contribution is 7.92. The summed E-state index contributed by atoms with van der Waals surface area (Å²) in [6.45, 7) is 8.19. The number of carbonyl (C=O) groups is 1. The maximum absolute atomic E-state index is 12.9. The first kappa shape index (κ1) is 19.2. The van der Waals surface area contributed by atoms with Crippen LogP contribution in [0.15, 0.2) is 35.1 Å². The van der Waals surface area contributed by atoms with E-state index < -0.39 is 23.9 Å². The molecule has 0 spiro atoms. The second-order valence-corrected chi connectivity index (χ2v) is 8.35. The highest BCUT2D eigenvalue weighted by Gasteiger charge is 2.52. The van der Waals surface area contributed by atoms with Crippen LogP contribution in [0, 0.1) is 0 Å². The van der Waals surface area contributed by atoms with Gasteiger partial charge in [-0.15, -0.1) is 13.1 Å². The van der Waals surface area contributed by atoms with Gasteiger partial charge < -0.3 is 9.31 Å². The SMILES string of the molecule is CC1(C)OB(c2ccc3c(c2)CN(c2ccc(=O)n(SF)n2)C3=O)OC1(C)C. The molecule has 146 valence electrons. The maximum atomic E-state index is 12.9. The van der Waals surface area contributed by atoms with Crippen molar-refractivity contribution < 1.29 is 18.0 Å². The fourth-order valence-electron chi connectivity index (χ4n) is 3.23. The van der Waals surface area contributed by atoms with Crippen LogP contribution in [0.5, 0.6) is 0 Å². The normalized spacial score (nSPS) is 20.0. The quantitative estimate of drug-likeness (QED) is 0.731. The molecule has 7 nitrogen and oxygen atoms in total. The predicted molar refractivity (Wildman–Crippen MR) is 105 cm³/mol. The van der Waals surface area contributed by atoms with E-state index >= 15 is 0 Å². The van der Waals surface area contributed by atoms with Crippen molar-refractivity contribution in [3.05, 3.63) is 51.8 Å². The van der Waals surface area contributed by atoms with Crippen LogP contribution in [-0.2, 0) is 15.9 Å². The second-order valence-electron chi connectivity index (χ2n) is 7.87. The Morgan fingerprint density at radius 3 is 2.43 bits per heavy atom. The highest BCUT2D eigenvalue weighted by atomic mass is 32.2. The molecule has 0 radical (unpaired) electrons. The summed E-state index contributed by atoms with van der Waals surface area (Å²) in [5.74, 6) is -0.0415. The number of benzene rings is 1. The van der Waals surface area contributed by atoms with Crippen LogP contribution in [-0.4, -0.2) is 33.4 Å². The van der Waals surface area contributed by atoms with Crippen molar-refractivity contribution in [3.8, 4) is 0 Å². The number of fused-ring (bicyclic) bond motifs is 1. The lowest BCUT2D eigenvalue weighted by Crippen LogP contribution is -2.41. The van der Waals surface area contributed by atoms with Gasteiger partial charge in [-0.05, 0) is 50.9 Å². The van der Waals surface area contributed by atoms with Gasteiger partial charge in [-0.1, -0.05) is 12.1 Å². The van der Waals surface area contributed by atoms with Gasteiger partial charge in [0.2, 0.25) is 0 Å². The molecule has 0 atom stereocenters. The van der Waals surface area contributed by atoms with Crippen molar-refractivity contribution in [2.24, 2.45) is 0 Å². The molecular weight excluding hydrogens is 384 g/mol. The third-order valence-corrected chi connectivity index (χ3v) is 5.95. The molecule has 28 heavy (non-hydrogen) atoms. The molecule has 2 aliphatic rings. The van der Waals surface area contributed by atoms with Crippen LogP contribution >= 0.6 is 12.3 Å². The number of rotatable bonds is 3.